The van der Waals surface area contributed by atoms with Gasteiger partial charge in [0.05, 0.1) is 5.69 Å². The number of hydrogen-bond donors (Lipinski definition) is 2. The van der Waals surface area contributed by atoms with Crippen LogP contribution in [0.2, 0.25) is 0 Å². The number of carbonyl (C=O) groups excluding carboxylic acids is 1. The molecule has 1 aromatic heterocycles. The van der Waals surface area contributed by atoms with Crippen LogP contribution < -0.4 is 10.9 Å². The molecule has 9 heteroatoms. The summed E-state index contributed by atoms with van der Waals surface area (Å²) in [6, 6.07) is 18.9. The predicted octanol–water partition coefficient (Wildman–Crippen LogP) is 1.81. The van der Waals surface area contributed by atoms with Crippen molar-refractivity contribution in [1.82, 2.24) is 20.2 Å². The molecule has 0 bridgehead atoms. The normalized spacial score (nSPS) is 12.4. The van der Waals surface area contributed by atoms with Gasteiger partial charge in [-0.05, 0) is 19.1 Å². The lowest BCUT2D eigenvalue weighted by molar-refractivity contribution is -0.119. The Morgan fingerprint density at radius 3 is 2.19 bits per heavy atom. The van der Waals surface area contributed by atoms with Crippen LogP contribution in [-0.2, 0) is 14.6 Å². The van der Waals surface area contributed by atoms with Gasteiger partial charge in [-0.25, -0.2) is 8.42 Å². The van der Waals surface area contributed by atoms with Crippen LogP contribution in [-0.4, -0.2) is 40.6 Å². The van der Waals surface area contributed by atoms with Gasteiger partial charge in [0.15, 0.2) is 15.7 Å². The van der Waals surface area contributed by atoms with Gasteiger partial charge in [0.25, 0.3) is 5.91 Å². The first kappa shape index (κ1) is 18.6. The maximum absolute atomic E-state index is 12.1. The highest BCUT2D eigenvalue weighted by Gasteiger charge is 2.24. The van der Waals surface area contributed by atoms with E-state index in [1.165, 1.54) is 6.92 Å². The van der Waals surface area contributed by atoms with Crippen molar-refractivity contribution in [3.63, 3.8) is 0 Å². The fourth-order valence-electron chi connectivity index (χ4n) is 2.37. The minimum absolute atomic E-state index is 0.258. The molecule has 0 fully saturated rings. The quantitative estimate of drug-likeness (QED) is 0.627. The number of carbonyl (C=O) groups is 1. The highest BCUT2D eigenvalue weighted by atomic mass is 32.2. The van der Waals surface area contributed by atoms with Gasteiger partial charge < -0.3 is 0 Å². The van der Waals surface area contributed by atoms with E-state index in [9.17, 15) is 13.2 Å². The van der Waals surface area contributed by atoms with E-state index >= 15 is 0 Å². The summed E-state index contributed by atoms with van der Waals surface area (Å²) in [5.41, 5.74) is 6.70. The van der Waals surface area contributed by atoms with Gasteiger partial charge in [-0.2, -0.15) is 0 Å². The Morgan fingerprint density at radius 2 is 1.59 bits per heavy atom. The number of amides is 1. The van der Waals surface area contributed by atoms with Crippen molar-refractivity contribution < 1.29 is 13.2 Å². The summed E-state index contributed by atoms with van der Waals surface area (Å²) < 4.78 is 24.8. The van der Waals surface area contributed by atoms with Crippen molar-refractivity contribution in [3.05, 3.63) is 60.7 Å². The molecule has 1 atom stereocenters. The molecule has 8 nitrogen and oxygen atoms in total. The van der Waals surface area contributed by atoms with E-state index in [1.54, 1.807) is 4.57 Å². The van der Waals surface area contributed by atoms with Crippen LogP contribution >= 0.6 is 0 Å². The molecule has 1 amide bonds. The number of sulfone groups is 1. The van der Waals surface area contributed by atoms with Crippen LogP contribution in [0.3, 0.4) is 0 Å². The molecule has 0 aliphatic heterocycles. The number of aromatic nitrogens is 3. The van der Waals surface area contributed by atoms with E-state index in [0.29, 0.717) is 5.82 Å². The van der Waals surface area contributed by atoms with E-state index in [4.69, 9.17) is 0 Å². The molecule has 0 aliphatic rings. The Balaban J connectivity index is 1.95. The van der Waals surface area contributed by atoms with Gasteiger partial charge in [0.2, 0.25) is 5.95 Å². The molecular weight excluding hydrogens is 366 g/mol. The van der Waals surface area contributed by atoms with Crippen LogP contribution in [0, 0.1) is 0 Å². The molecule has 1 unspecified atom stereocenters. The summed E-state index contributed by atoms with van der Waals surface area (Å²) in [5.74, 6) is 0.158. The average Bonchev–Trinajstić information content (AvgIpc) is 3.10. The molecule has 1 heterocycles. The Labute approximate surface area is 157 Å². The minimum Gasteiger partial charge on any atom is -0.272 e. The van der Waals surface area contributed by atoms with E-state index in [0.717, 1.165) is 17.5 Å². The lowest BCUT2D eigenvalue weighted by atomic mass is 10.2. The summed E-state index contributed by atoms with van der Waals surface area (Å²) in [4.78, 5) is 12.1. The van der Waals surface area contributed by atoms with Gasteiger partial charge in [-0.1, -0.05) is 48.5 Å². The van der Waals surface area contributed by atoms with Crippen molar-refractivity contribution in [2.24, 2.45) is 0 Å². The first-order chi connectivity index (χ1) is 12.9. The molecule has 2 aromatic carbocycles. The highest BCUT2D eigenvalue weighted by molar-refractivity contribution is 7.92. The van der Waals surface area contributed by atoms with Gasteiger partial charge in [0.1, 0.15) is 5.25 Å². The number of nitrogens with zero attached hydrogens (tertiary/aromatic N) is 3. The number of hydrazine groups is 1. The summed E-state index contributed by atoms with van der Waals surface area (Å²) in [6.45, 7) is 1.32. The molecular formula is C18H19N5O3S. The number of hydrogen-bond acceptors (Lipinski definition) is 6. The molecule has 2 N–H and O–H groups in total. The Hall–Kier alpha value is -3.20. The van der Waals surface area contributed by atoms with Crippen molar-refractivity contribution in [2.45, 2.75) is 12.2 Å². The van der Waals surface area contributed by atoms with Crippen LogP contribution in [0.5, 0.6) is 0 Å². The van der Waals surface area contributed by atoms with Crippen molar-refractivity contribution >= 4 is 21.7 Å². The van der Waals surface area contributed by atoms with E-state index in [2.05, 4.69) is 21.0 Å². The smallest absolute Gasteiger partial charge is 0.256 e. The first-order valence-corrected chi connectivity index (χ1v) is 10.1. The van der Waals surface area contributed by atoms with E-state index in [1.807, 2.05) is 60.7 Å². The summed E-state index contributed by atoms with van der Waals surface area (Å²) >= 11 is 0. The first-order valence-electron chi connectivity index (χ1n) is 8.19. The molecule has 27 heavy (non-hydrogen) atoms. The third-order valence-electron chi connectivity index (χ3n) is 4.02. The number of anilines is 1. The third kappa shape index (κ3) is 4.14. The molecule has 0 saturated heterocycles. The average molecular weight is 385 g/mol. The van der Waals surface area contributed by atoms with Crippen LogP contribution in [0.15, 0.2) is 60.7 Å². The lowest BCUT2D eigenvalue weighted by Crippen LogP contribution is -2.41. The van der Waals surface area contributed by atoms with Crippen molar-refractivity contribution in [3.8, 4) is 17.1 Å². The molecule has 0 radical (unpaired) electrons. The maximum atomic E-state index is 12.1. The molecule has 0 spiro atoms. The Kier molecular flexibility index (Phi) is 5.22. The lowest BCUT2D eigenvalue weighted by Gasteiger charge is -2.14. The second kappa shape index (κ2) is 7.58. The van der Waals surface area contributed by atoms with Crippen molar-refractivity contribution in [1.29, 1.82) is 0 Å². The standard InChI is InChI=1S/C18H19N5O3S/c1-13(27(2,25)26)17(24)20-22-18-21-19-16(14-9-5-3-6-10-14)23(18)15-11-7-4-8-12-15/h3-13H,1-2H3,(H,20,24)(H,21,22). The summed E-state index contributed by atoms with van der Waals surface area (Å²) in [6.07, 6.45) is 1.01. The van der Waals surface area contributed by atoms with Crippen LogP contribution in [0.4, 0.5) is 5.95 Å². The van der Waals surface area contributed by atoms with Gasteiger partial charge >= 0.3 is 0 Å². The monoisotopic (exact) mass is 385 g/mol. The van der Waals surface area contributed by atoms with Gasteiger partial charge in [-0.3, -0.25) is 20.2 Å². The second-order valence-corrected chi connectivity index (χ2v) is 8.34. The SMILES string of the molecule is CC(C(=O)NNc1nnc(-c2ccccc2)n1-c1ccccc1)S(C)(=O)=O. The zero-order valence-corrected chi connectivity index (χ0v) is 15.6. The predicted molar refractivity (Wildman–Crippen MR) is 103 cm³/mol. The molecule has 140 valence electrons. The number of nitrogens with one attached hydrogen (secondary N) is 2. The molecule has 3 aromatic rings. The second-order valence-electron chi connectivity index (χ2n) is 5.97. The van der Waals surface area contributed by atoms with Crippen molar-refractivity contribution in [2.75, 3.05) is 11.7 Å². The highest BCUT2D eigenvalue weighted by Crippen LogP contribution is 2.24. The topological polar surface area (TPSA) is 106 Å². The Morgan fingerprint density at radius 1 is 1.00 bits per heavy atom. The van der Waals surface area contributed by atoms with Gasteiger partial charge in [-0.15, -0.1) is 10.2 Å². The van der Waals surface area contributed by atoms with E-state index in [-0.39, 0.29) is 5.95 Å². The number of para-hydroxylation sites is 1. The maximum Gasteiger partial charge on any atom is 0.256 e. The zero-order valence-electron chi connectivity index (χ0n) is 14.8. The summed E-state index contributed by atoms with van der Waals surface area (Å²) in [7, 11) is -3.50. The fourth-order valence-corrected chi connectivity index (χ4v) is 2.82. The number of rotatable bonds is 6. The number of benzene rings is 2. The largest absolute Gasteiger partial charge is 0.272 e. The van der Waals surface area contributed by atoms with Gasteiger partial charge in [0, 0.05) is 11.8 Å². The summed E-state index contributed by atoms with van der Waals surface area (Å²) in [5, 5.41) is 7.13. The third-order valence-corrected chi connectivity index (χ3v) is 5.52. The molecule has 0 aliphatic carbocycles. The molecule has 0 saturated carbocycles. The zero-order chi connectivity index (χ0) is 19.4. The molecule has 3 rings (SSSR count). The minimum atomic E-state index is -3.50. The Bertz CT molecular complexity index is 1030. The fraction of sp³-hybridized carbons (Fsp3) is 0.167. The van der Waals surface area contributed by atoms with Crippen LogP contribution in [0.25, 0.3) is 17.1 Å². The van der Waals surface area contributed by atoms with E-state index < -0.39 is 21.0 Å². The van der Waals surface area contributed by atoms with Crippen LogP contribution in [0.1, 0.15) is 6.92 Å².